The van der Waals surface area contributed by atoms with Crippen LogP contribution in [-0.2, 0) is 0 Å². The second kappa shape index (κ2) is 9.39. The number of rotatable bonds is 2. The number of hydrogen-bond donors (Lipinski definition) is 0. The van der Waals surface area contributed by atoms with Crippen LogP contribution in [0.15, 0.2) is 23.3 Å². The lowest BCUT2D eigenvalue weighted by Crippen LogP contribution is -1.91. The average molecular weight is 260 g/mol. The molecular formula is C19H32. The van der Waals surface area contributed by atoms with Crippen molar-refractivity contribution >= 4 is 0 Å². The molecule has 0 aromatic carbocycles. The van der Waals surface area contributed by atoms with Crippen molar-refractivity contribution in [1.82, 2.24) is 0 Å². The molecule has 0 amide bonds. The molecule has 0 heteroatoms. The Morgan fingerprint density at radius 1 is 0.526 bits per heavy atom. The third kappa shape index (κ3) is 6.45. The molecule has 0 N–H and O–H groups in total. The van der Waals surface area contributed by atoms with Gasteiger partial charge in [-0.05, 0) is 57.8 Å². The molecule has 0 aromatic rings. The molecule has 0 heterocycles. The van der Waals surface area contributed by atoms with E-state index in [0.717, 1.165) is 0 Å². The topological polar surface area (TPSA) is 0 Å². The van der Waals surface area contributed by atoms with Gasteiger partial charge in [-0.15, -0.1) is 0 Å². The molecule has 2 rings (SSSR count). The van der Waals surface area contributed by atoms with Crippen molar-refractivity contribution in [2.24, 2.45) is 0 Å². The summed E-state index contributed by atoms with van der Waals surface area (Å²) in [5.74, 6) is 0. The fraction of sp³-hybridized carbons (Fsp3) is 0.789. The molecule has 0 bridgehead atoms. The van der Waals surface area contributed by atoms with Crippen LogP contribution in [0.25, 0.3) is 0 Å². The van der Waals surface area contributed by atoms with Gasteiger partial charge >= 0.3 is 0 Å². The van der Waals surface area contributed by atoms with Crippen molar-refractivity contribution in [1.29, 1.82) is 0 Å². The van der Waals surface area contributed by atoms with Gasteiger partial charge in [-0.2, -0.15) is 0 Å². The molecule has 0 fully saturated rings. The largest absolute Gasteiger partial charge is 0.0850 e. The van der Waals surface area contributed by atoms with Crippen LogP contribution in [0.1, 0.15) is 96.3 Å². The Morgan fingerprint density at radius 3 is 1.47 bits per heavy atom. The maximum atomic E-state index is 2.58. The van der Waals surface area contributed by atoms with Gasteiger partial charge in [-0.1, -0.05) is 61.8 Å². The normalized spacial score (nSPS) is 23.8. The molecule has 0 spiro atoms. The summed E-state index contributed by atoms with van der Waals surface area (Å²) >= 11 is 0. The third-order valence-corrected chi connectivity index (χ3v) is 4.72. The van der Waals surface area contributed by atoms with Gasteiger partial charge in [-0.25, -0.2) is 0 Å². The first-order chi connectivity index (χ1) is 9.45. The van der Waals surface area contributed by atoms with Gasteiger partial charge in [0.05, 0.1) is 0 Å². The van der Waals surface area contributed by atoms with Crippen LogP contribution < -0.4 is 0 Å². The zero-order valence-corrected chi connectivity index (χ0v) is 12.8. The van der Waals surface area contributed by atoms with Crippen LogP contribution >= 0.6 is 0 Å². The smallest absolute Gasteiger partial charge is 0.0108 e. The Labute approximate surface area is 120 Å². The monoisotopic (exact) mass is 260 g/mol. The van der Waals surface area contributed by atoms with Crippen molar-refractivity contribution in [2.75, 3.05) is 0 Å². The summed E-state index contributed by atoms with van der Waals surface area (Å²) in [6, 6.07) is 0. The predicted octanol–water partition coefficient (Wildman–Crippen LogP) is 6.72. The number of allylic oxidation sites excluding steroid dienone is 4. The molecule has 108 valence electrons. The van der Waals surface area contributed by atoms with Crippen molar-refractivity contribution < 1.29 is 0 Å². The third-order valence-electron chi connectivity index (χ3n) is 4.72. The van der Waals surface area contributed by atoms with Gasteiger partial charge in [-0.3, -0.25) is 0 Å². The van der Waals surface area contributed by atoms with E-state index in [-0.39, 0.29) is 0 Å². The molecule has 0 saturated heterocycles. The Kier molecular flexibility index (Phi) is 7.36. The second-order valence-electron chi connectivity index (χ2n) is 6.51. The van der Waals surface area contributed by atoms with Crippen molar-refractivity contribution in [3.63, 3.8) is 0 Å². The first-order valence-electron chi connectivity index (χ1n) is 8.81. The lowest BCUT2D eigenvalue weighted by molar-refractivity contribution is 0.622. The molecule has 2 aliphatic carbocycles. The van der Waals surface area contributed by atoms with E-state index in [1.165, 1.54) is 96.3 Å². The van der Waals surface area contributed by atoms with E-state index in [2.05, 4.69) is 12.2 Å². The van der Waals surface area contributed by atoms with E-state index >= 15 is 0 Å². The summed E-state index contributed by atoms with van der Waals surface area (Å²) in [5.41, 5.74) is 3.51. The zero-order chi connectivity index (χ0) is 13.2. The molecule has 2 aliphatic rings. The molecule has 0 atom stereocenters. The Balaban J connectivity index is 1.88. The summed E-state index contributed by atoms with van der Waals surface area (Å²) in [5, 5.41) is 0. The molecule has 19 heavy (non-hydrogen) atoms. The summed E-state index contributed by atoms with van der Waals surface area (Å²) in [7, 11) is 0. The van der Waals surface area contributed by atoms with E-state index in [1.807, 2.05) is 0 Å². The minimum absolute atomic E-state index is 1.31. The van der Waals surface area contributed by atoms with Gasteiger partial charge in [0.25, 0.3) is 0 Å². The highest BCUT2D eigenvalue weighted by molar-refractivity contribution is 5.16. The maximum absolute atomic E-state index is 2.58. The van der Waals surface area contributed by atoms with Gasteiger partial charge in [0.15, 0.2) is 0 Å². The minimum Gasteiger partial charge on any atom is -0.0850 e. The molecule has 0 unspecified atom stereocenters. The van der Waals surface area contributed by atoms with Crippen LogP contribution in [-0.4, -0.2) is 0 Å². The van der Waals surface area contributed by atoms with Crippen LogP contribution in [0.5, 0.6) is 0 Å². The van der Waals surface area contributed by atoms with Crippen molar-refractivity contribution in [3.05, 3.63) is 23.3 Å². The van der Waals surface area contributed by atoms with Gasteiger partial charge < -0.3 is 0 Å². The van der Waals surface area contributed by atoms with Crippen molar-refractivity contribution in [3.8, 4) is 0 Å². The molecular weight excluding hydrogens is 228 g/mol. The van der Waals surface area contributed by atoms with Crippen LogP contribution in [0, 0.1) is 0 Å². The molecule has 0 aromatic heterocycles. The average Bonchev–Trinajstić information content (AvgIpc) is 2.62. The first-order valence-corrected chi connectivity index (χ1v) is 8.81. The SMILES string of the molecule is C1=C(CC2=CCCCCCCC2)CCCCCCC1. The Hall–Kier alpha value is -0.520. The van der Waals surface area contributed by atoms with E-state index in [9.17, 15) is 0 Å². The van der Waals surface area contributed by atoms with E-state index in [1.54, 1.807) is 11.1 Å². The highest BCUT2D eigenvalue weighted by Gasteiger charge is 2.06. The lowest BCUT2D eigenvalue weighted by Gasteiger charge is -2.11. The summed E-state index contributed by atoms with van der Waals surface area (Å²) in [6.45, 7) is 0. The zero-order valence-electron chi connectivity index (χ0n) is 12.8. The Morgan fingerprint density at radius 2 is 0.947 bits per heavy atom. The highest BCUT2D eigenvalue weighted by atomic mass is 14.1. The highest BCUT2D eigenvalue weighted by Crippen LogP contribution is 2.26. The fourth-order valence-corrected chi connectivity index (χ4v) is 3.48. The minimum atomic E-state index is 1.31. The fourth-order valence-electron chi connectivity index (χ4n) is 3.48. The van der Waals surface area contributed by atoms with Gasteiger partial charge in [0.1, 0.15) is 0 Å². The maximum Gasteiger partial charge on any atom is -0.0108 e. The second-order valence-corrected chi connectivity index (χ2v) is 6.51. The van der Waals surface area contributed by atoms with Crippen molar-refractivity contribution in [2.45, 2.75) is 96.3 Å². The van der Waals surface area contributed by atoms with E-state index in [4.69, 9.17) is 0 Å². The summed E-state index contributed by atoms with van der Waals surface area (Å²) in [6.07, 6.45) is 26.3. The standard InChI is InChI=1S/C19H32/c1-2-6-10-14-18(13-9-5-1)17-19-15-11-7-3-4-8-12-16-19/h13,15H,1-12,14,16-17H2. The summed E-state index contributed by atoms with van der Waals surface area (Å²) < 4.78 is 0. The van der Waals surface area contributed by atoms with Gasteiger partial charge in [0, 0.05) is 0 Å². The summed E-state index contributed by atoms with van der Waals surface area (Å²) in [4.78, 5) is 0. The van der Waals surface area contributed by atoms with Crippen LogP contribution in [0.3, 0.4) is 0 Å². The molecule has 0 saturated carbocycles. The van der Waals surface area contributed by atoms with E-state index < -0.39 is 0 Å². The quantitative estimate of drug-likeness (QED) is 0.483. The first kappa shape index (κ1) is 14.9. The number of hydrogen-bond acceptors (Lipinski definition) is 0. The lowest BCUT2D eigenvalue weighted by atomic mass is 9.95. The molecule has 0 nitrogen and oxygen atoms in total. The van der Waals surface area contributed by atoms with E-state index in [0.29, 0.717) is 0 Å². The Bertz CT molecular complexity index is 265. The van der Waals surface area contributed by atoms with Gasteiger partial charge in [0.2, 0.25) is 0 Å². The van der Waals surface area contributed by atoms with Crippen LogP contribution in [0.2, 0.25) is 0 Å². The predicted molar refractivity (Wildman–Crippen MR) is 85.4 cm³/mol. The molecule has 0 aliphatic heterocycles. The molecule has 0 radical (unpaired) electrons. The van der Waals surface area contributed by atoms with Crippen LogP contribution in [0.4, 0.5) is 0 Å².